The van der Waals surface area contributed by atoms with E-state index in [9.17, 15) is 4.79 Å². The molecule has 1 atom stereocenters. The number of fused-ring (bicyclic) bond motifs is 1. The van der Waals surface area contributed by atoms with E-state index >= 15 is 0 Å². The first-order valence-corrected chi connectivity index (χ1v) is 8.99. The molecule has 0 saturated carbocycles. The van der Waals surface area contributed by atoms with Gasteiger partial charge in [-0.25, -0.2) is 0 Å². The van der Waals surface area contributed by atoms with Crippen molar-refractivity contribution in [3.8, 4) is 11.5 Å². The number of nitrogens with zero attached hydrogens (tertiary/aromatic N) is 2. The highest BCUT2D eigenvalue weighted by molar-refractivity contribution is 5.95. The number of nitrogens with one attached hydrogen (secondary N) is 1. The third-order valence-electron chi connectivity index (χ3n) is 4.94. The van der Waals surface area contributed by atoms with E-state index in [0.717, 1.165) is 30.0 Å². The lowest BCUT2D eigenvalue weighted by Crippen LogP contribution is -2.28. The van der Waals surface area contributed by atoms with E-state index < -0.39 is 0 Å². The minimum atomic E-state index is 0.0333. The summed E-state index contributed by atoms with van der Waals surface area (Å²) < 4.78 is 11.1. The number of carbonyl (C=O) groups is 1. The third kappa shape index (κ3) is 3.19. The summed E-state index contributed by atoms with van der Waals surface area (Å²) in [6, 6.07) is 9.52. The molecular weight excluding hydrogens is 330 g/mol. The first kappa shape index (κ1) is 16.7. The molecule has 2 aliphatic rings. The standard InChI is InChI=1S/C20H23N3O3/c1-13-9-16(21-2)11-17(22-13)15-5-6-23(12-15)20(24)14-3-4-18-19(10-14)26-8-7-25-18/h3-4,9-11,15H,5-8,12H2,1-2H3,(H,21,22). The molecule has 1 unspecified atom stereocenters. The molecule has 1 saturated heterocycles. The van der Waals surface area contributed by atoms with Crippen LogP contribution in [0.2, 0.25) is 0 Å². The van der Waals surface area contributed by atoms with Crippen LogP contribution in [0.3, 0.4) is 0 Å². The van der Waals surface area contributed by atoms with Crippen LogP contribution < -0.4 is 14.8 Å². The molecule has 0 radical (unpaired) electrons. The topological polar surface area (TPSA) is 63.7 Å². The van der Waals surface area contributed by atoms with Gasteiger partial charge < -0.3 is 19.7 Å². The average Bonchev–Trinajstić information content (AvgIpc) is 3.16. The summed E-state index contributed by atoms with van der Waals surface area (Å²) >= 11 is 0. The zero-order valence-electron chi connectivity index (χ0n) is 15.1. The Balaban J connectivity index is 1.50. The van der Waals surface area contributed by atoms with E-state index in [1.165, 1.54) is 0 Å². The van der Waals surface area contributed by atoms with E-state index in [2.05, 4.69) is 16.4 Å². The molecule has 0 bridgehead atoms. The van der Waals surface area contributed by atoms with Crippen LogP contribution in [0, 0.1) is 6.92 Å². The highest BCUT2D eigenvalue weighted by Gasteiger charge is 2.29. The van der Waals surface area contributed by atoms with Gasteiger partial charge in [-0.15, -0.1) is 0 Å². The Hall–Kier alpha value is -2.76. The molecule has 2 aliphatic heterocycles. The van der Waals surface area contributed by atoms with Gasteiger partial charge in [0.2, 0.25) is 0 Å². The molecule has 1 amide bonds. The quantitative estimate of drug-likeness (QED) is 0.919. The Labute approximate surface area is 153 Å². The zero-order valence-corrected chi connectivity index (χ0v) is 15.1. The summed E-state index contributed by atoms with van der Waals surface area (Å²) in [5.74, 6) is 1.65. The molecule has 0 spiro atoms. The number of aryl methyl sites for hydroxylation is 1. The molecule has 1 aromatic carbocycles. The van der Waals surface area contributed by atoms with Crippen molar-refractivity contribution in [2.45, 2.75) is 19.3 Å². The summed E-state index contributed by atoms with van der Waals surface area (Å²) in [7, 11) is 1.91. The Morgan fingerprint density at radius 2 is 2.00 bits per heavy atom. The Morgan fingerprint density at radius 1 is 1.19 bits per heavy atom. The minimum absolute atomic E-state index is 0.0333. The number of pyridine rings is 1. The van der Waals surface area contributed by atoms with Crippen LogP contribution in [0.15, 0.2) is 30.3 Å². The van der Waals surface area contributed by atoms with Crippen LogP contribution in [-0.4, -0.2) is 49.1 Å². The summed E-state index contributed by atoms with van der Waals surface area (Å²) in [5.41, 5.74) is 3.74. The van der Waals surface area contributed by atoms with E-state index in [0.29, 0.717) is 36.8 Å². The van der Waals surface area contributed by atoms with Crippen LogP contribution in [-0.2, 0) is 0 Å². The molecule has 1 aromatic heterocycles. The first-order valence-electron chi connectivity index (χ1n) is 8.99. The number of aromatic nitrogens is 1. The number of amides is 1. The summed E-state index contributed by atoms with van der Waals surface area (Å²) in [5, 5.41) is 3.17. The monoisotopic (exact) mass is 353 g/mol. The molecule has 2 aromatic rings. The number of ether oxygens (including phenoxy) is 2. The van der Waals surface area contributed by atoms with Crippen molar-refractivity contribution >= 4 is 11.6 Å². The number of carbonyl (C=O) groups excluding carboxylic acids is 1. The maximum atomic E-state index is 12.9. The van der Waals surface area contributed by atoms with Gasteiger partial charge in [0, 0.05) is 48.7 Å². The van der Waals surface area contributed by atoms with Crippen molar-refractivity contribution in [3.05, 3.63) is 47.3 Å². The van der Waals surface area contributed by atoms with Crippen LogP contribution >= 0.6 is 0 Å². The lowest BCUT2D eigenvalue weighted by molar-refractivity contribution is 0.0789. The van der Waals surface area contributed by atoms with Gasteiger partial charge in [0.1, 0.15) is 13.2 Å². The smallest absolute Gasteiger partial charge is 0.254 e. The third-order valence-corrected chi connectivity index (χ3v) is 4.94. The van der Waals surface area contributed by atoms with Gasteiger partial charge >= 0.3 is 0 Å². The normalized spacial score (nSPS) is 18.7. The summed E-state index contributed by atoms with van der Waals surface area (Å²) in [6.07, 6.45) is 0.926. The van der Waals surface area contributed by atoms with Crippen LogP contribution in [0.5, 0.6) is 11.5 Å². The van der Waals surface area contributed by atoms with Gasteiger partial charge in [0.25, 0.3) is 5.91 Å². The SMILES string of the molecule is CNc1cc(C)nc(C2CCN(C(=O)c3ccc4c(c3)OCCO4)C2)c1. The Kier molecular flexibility index (Phi) is 4.41. The van der Waals surface area contributed by atoms with Crippen LogP contribution in [0.4, 0.5) is 5.69 Å². The van der Waals surface area contributed by atoms with Crippen LogP contribution in [0.25, 0.3) is 0 Å². The maximum Gasteiger partial charge on any atom is 0.254 e. The lowest BCUT2D eigenvalue weighted by Gasteiger charge is -2.21. The van der Waals surface area contributed by atoms with Crippen LogP contribution in [0.1, 0.15) is 34.1 Å². The van der Waals surface area contributed by atoms with E-state index in [1.807, 2.05) is 37.1 Å². The zero-order chi connectivity index (χ0) is 18.1. The molecule has 0 aliphatic carbocycles. The molecule has 3 heterocycles. The number of likely N-dealkylation sites (tertiary alicyclic amines) is 1. The van der Waals surface area contributed by atoms with Crippen molar-refractivity contribution < 1.29 is 14.3 Å². The first-order chi connectivity index (χ1) is 12.6. The van der Waals surface area contributed by atoms with Crippen molar-refractivity contribution in [1.29, 1.82) is 0 Å². The van der Waals surface area contributed by atoms with Gasteiger partial charge in [-0.2, -0.15) is 0 Å². The molecule has 26 heavy (non-hydrogen) atoms. The number of anilines is 1. The Morgan fingerprint density at radius 3 is 2.81 bits per heavy atom. The van der Waals surface area contributed by atoms with Crippen molar-refractivity contribution in [2.24, 2.45) is 0 Å². The summed E-state index contributed by atoms with van der Waals surface area (Å²) in [4.78, 5) is 19.5. The predicted molar refractivity (Wildman–Crippen MR) is 99.2 cm³/mol. The number of rotatable bonds is 3. The highest BCUT2D eigenvalue weighted by atomic mass is 16.6. The average molecular weight is 353 g/mol. The number of hydrogen-bond acceptors (Lipinski definition) is 5. The van der Waals surface area contributed by atoms with Gasteiger partial charge in [-0.3, -0.25) is 9.78 Å². The van der Waals surface area contributed by atoms with E-state index in [1.54, 1.807) is 6.07 Å². The van der Waals surface area contributed by atoms with Gasteiger partial charge in [-0.1, -0.05) is 0 Å². The largest absolute Gasteiger partial charge is 0.486 e. The molecule has 1 N–H and O–H groups in total. The second kappa shape index (κ2) is 6.86. The molecule has 136 valence electrons. The van der Waals surface area contributed by atoms with Gasteiger partial charge in [0.15, 0.2) is 11.5 Å². The van der Waals surface area contributed by atoms with Crippen molar-refractivity contribution in [2.75, 3.05) is 38.7 Å². The Bertz CT molecular complexity index is 837. The van der Waals surface area contributed by atoms with Gasteiger partial charge in [-0.05, 0) is 43.7 Å². The van der Waals surface area contributed by atoms with Crippen molar-refractivity contribution in [1.82, 2.24) is 9.88 Å². The fourth-order valence-corrected chi connectivity index (χ4v) is 3.59. The fraction of sp³-hybridized carbons (Fsp3) is 0.400. The number of benzene rings is 1. The van der Waals surface area contributed by atoms with E-state index in [4.69, 9.17) is 9.47 Å². The number of hydrogen-bond donors (Lipinski definition) is 1. The fourth-order valence-electron chi connectivity index (χ4n) is 3.59. The maximum absolute atomic E-state index is 12.9. The minimum Gasteiger partial charge on any atom is -0.486 e. The van der Waals surface area contributed by atoms with Gasteiger partial charge in [0.05, 0.1) is 0 Å². The highest BCUT2D eigenvalue weighted by Crippen LogP contribution is 2.33. The lowest BCUT2D eigenvalue weighted by atomic mass is 10.0. The molecule has 1 fully saturated rings. The van der Waals surface area contributed by atoms with E-state index in [-0.39, 0.29) is 11.8 Å². The second-order valence-electron chi connectivity index (χ2n) is 6.77. The predicted octanol–water partition coefficient (Wildman–Crippen LogP) is 2.83. The second-order valence-corrected chi connectivity index (χ2v) is 6.77. The molecule has 4 rings (SSSR count). The summed E-state index contributed by atoms with van der Waals surface area (Å²) in [6.45, 7) is 4.49. The molecule has 6 heteroatoms. The van der Waals surface area contributed by atoms with Crippen molar-refractivity contribution in [3.63, 3.8) is 0 Å². The molecular formula is C20H23N3O3. The molecule has 6 nitrogen and oxygen atoms in total.